The van der Waals surface area contributed by atoms with Gasteiger partial charge in [-0.25, -0.2) is 0 Å². The molecule has 3 heteroatoms. The molecule has 0 saturated carbocycles. The molecule has 1 heterocycles. The van der Waals surface area contributed by atoms with Crippen molar-refractivity contribution in [3.63, 3.8) is 0 Å². The van der Waals surface area contributed by atoms with Gasteiger partial charge in [0, 0.05) is 6.04 Å². The zero-order chi connectivity index (χ0) is 14.0. The Kier molecular flexibility index (Phi) is 4.04. The van der Waals surface area contributed by atoms with Crippen molar-refractivity contribution in [2.45, 2.75) is 52.2 Å². The van der Waals surface area contributed by atoms with E-state index >= 15 is 0 Å². The molecule has 0 aliphatic carbocycles. The number of fused-ring (bicyclic) bond motifs is 1. The summed E-state index contributed by atoms with van der Waals surface area (Å²) in [4.78, 5) is 2.44. The van der Waals surface area contributed by atoms with Gasteiger partial charge in [-0.15, -0.1) is 0 Å². The summed E-state index contributed by atoms with van der Waals surface area (Å²) in [7, 11) is 0. The Morgan fingerprint density at radius 1 is 1.37 bits per heavy atom. The lowest BCUT2D eigenvalue weighted by Gasteiger charge is -2.43. The molecule has 0 atom stereocenters. The molecule has 1 aliphatic heterocycles. The van der Waals surface area contributed by atoms with E-state index in [-0.39, 0.29) is 5.60 Å². The Labute approximate surface area is 116 Å². The van der Waals surface area contributed by atoms with E-state index in [0.29, 0.717) is 6.04 Å². The summed E-state index contributed by atoms with van der Waals surface area (Å²) in [6.07, 6.45) is 2.08. The highest BCUT2D eigenvalue weighted by Gasteiger charge is 2.32. The first-order valence-corrected chi connectivity index (χ1v) is 7.21. The quantitative estimate of drug-likeness (QED) is 0.906. The lowest BCUT2D eigenvalue weighted by molar-refractivity contribution is 0.103. The van der Waals surface area contributed by atoms with Crippen molar-refractivity contribution in [2.75, 3.05) is 18.0 Å². The minimum absolute atomic E-state index is 0.129. The first-order valence-electron chi connectivity index (χ1n) is 7.21. The van der Waals surface area contributed by atoms with Crippen LogP contribution >= 0.6 is 0 Å². The normalized spacial score (nSPS) is 17.3. The highest BCUT2D eigenvalue weighted by atomic mass is 16.5. The van der Waals surface area contributed by atoms with Gasteiger partial charge in [0.1, 0.15) is 11.4 Å². The molecule has 0 aromatic heterocycles. The minimum atomic E-state index is -0.129. The summed E-state index contributed by atoms with van der Waals surface area (Å²) in [6, 6.07) is 7.01. The van der Waals surface area contributed by atoms with Crippen molar-refractivity contribution in [1.29, 1.82) is 0 Å². The topological polar surface area (TPSA) is 38.5 Å². The largest absolute Gasteiger partial charge is 0.484 e. The summed E-state index contributed by atoms with van der Waals surface area (Å²) in [5.74, 6) is 1.00. The summed E-state index contributed by atoms with van der Waals surface area (Å²) in [5, 5.41) is 0. The summed E-state index contributed by atoms with van der Waals surface area (Å²) in [5.41, 5.74) is 8.03. The summed E-state index contributed by atoms with van der Waals surface area (Å²) >= 11 is 0. The Hall–Kier alpha value is -1.22. The molecule has 0 fully saturated rings. The lowest BCUT2D eigenvalue weighted by atomic mass is 10.0. The van der Waals surface area contributed by atoms with Gasteiger partial charge in [0.15, 0.2) is 0 Å². The summed E-state index contributed by atoms with van der Waals surface area (Å²) in [6.45, 7) is 10.4. The third-order valence-electron chi connectivity index (χ3n) is 3.56. The predicted octanol–water partition coefficient (Wildman–Crippen LogP) is 2.96. The third-order valence-corrected chi connectivity index (χ3v) is 3.56. The Morgan fingerprint density at radius 2 is 2.11 bits per heavy atom. The molecule has 2 rings (SSSR count). The molecule has 0 bridgehead atoms. The van der Waals surface area contributed by atoms with E-state index in [1.54, 1.807) is 0 Å². The van der Waals surface area contributed by atoms with Gasteiger partial charge in [-0.1, -0.05) is 6.07 Å². The van der Waals surface area contributed by atoms with Crippen LogP contribution in [0, 0.1) is 0 Å². The number of anilines is 1. The molecule has 0 spiro atoms. The monoisotopic (exact) mass is 262 g/mol. The molecule has 1 aliphatic rings. The maximum Gasteiger partial charge on any atom is 0.143 e. The van der Waals surface area contributed by atoms with Crippen molar-refractivity contribution in [1.82, 2.24) is 0 Å². The van der Waals surface area contributed by atoms with Crippen molar-refractivity contribution < 1.29 is 4.74 Å². The molecule has 0 saturated heterocycles. The van der Waals surface area contributed by atoms with E-state index in [0.717, 1.165) is 31.7 Å². The van der Waals surface area contributed by atoms with Gasteiger partial charge >= 0.3 is 0 Å². The van der Waals surface area contributed by atoms with Gasteiger partial charge in [0.2, 0.25) is 0 Å². The number of hydrogen-bond donors (Lipinski definition) is 1. The summed E-state index contributed by atoms with van der Waals surface area (Å²) < 4.78 is 6.09. The number of aryl methyl sites for hydroxylation is 1. The number of ether oxygens (including phenoxy) is 1. The number of hydrogen-bond acceptors (Lipinski definition) is 3. The van der Waals surface area contributed by atoms with Gasteiger partial charge < -0.3 is 15.4 Å². The Bertz CT molecular complexity index is 440. The third kappa shape index (κ3) is 3.21. The van der Waals surface area contributed by atoms with E-state index in [4.69, 9.17) is 10.5 Å². The van der Waals surface area contributed by atoms with Crippen molar-refractivity contribution in [2.24, 2.45) is 5.73 Å². The average molecular weight is 262 g/mol. The van der Waals surface area contributed by atoms with Crippen LogP contribution in [0.5, 0.6) is 5.75 Å². The molecular weight excluding hydrogens is 236 g/mol. The standard InChI is InChI=1S/C16H26N2O/c1-12(2)18-11-16(3,4)19-15-8-7-13(6-5-9-17)10-14(15)18/h7-8,10,12H,5-6,9,11,17H2,1-4H3. The molecule has 2 N–H and O–H groups in total. The fourth-order valence-electron chi connectivity index (χ4n) is 2.62. The van der Waals surface area contributed by atoms with E-state index in [1.165, 1.54) is 11.3 Å². The van der Waals surface area contributed by atoms with Crippen LogP contribution in [0.15, 0.2) is 18.2 Å². The van der Waals surface area contributed by atoms with Gasteiger partial charge in [0.25, 0.3) is 0 Å². The Balaban J connectivity index is 2.32. The highest BCUT2D eigenvalue weighted by molar-refractivity contribution is 5.62. The Morgan fingerprint density at radius 3 is 2.74 bits per heavy atom. The van der Waals surface area contributed by atoms with Crippen LogP contribution in [0.4, 0.5) is 5.69 Å². The molecule has 3 nitrogen and oxygen atoms in total. The maximum absolute atomic E-state index is 6.09. The highest BCUT2D eigenvalue weighted by Crippen LogP contribution is 2.38. The van der Waals surface area contributed by atoms with Gasteiger partial charge in [-0.3, -0.25) is 0 Å². The predicted molar refractivity (Wildman–Crippen MR) is 81.0 cm³/mol. The van der Waals surface area contributed by atoms with Crippen LogP contribution in [-0.2, 0) is 6.42 Å². The van der Waals surface area contributed by atoms with Crippen molar-refractivity contribution in [3.8, 4) is 5.75 Å². The number of nitrogens with zero attached hydrogens (tertiary/aromatic N) is 1. The van der Waals surface area contributed by atoms with Gasteiger partial charge in [-0.05, 0) is 64.8 Å². The second-order valence-electron chi connectivity index (χ2n) is 6.28. The SMILES string of the molecule is CC(C)N1CC(C)(C)Oc2ccc(CCCN)cc21. The van der Waals surface area contributed by atoms with Gasteiger partial charge in [0.05, 0.1) is 12.2 Å². The first kappa shape index (κ1) is 14.2. The van der Waals surface area contributed by atoms with Crippen LogP contribution in [-0.4, -0.2) is 24.7 Å². The van der Waals surface area contributed by atoms with Crippen LogP contribution < -0.4 is 15.4 Å². The van der Waals surface area contributed by atoms with Crippen LogP contribution in [0.3, 0.4) is 0 Å². The zero-order valence-corrected chi connectivity index (χ0v) is 12.6. The van der Waals surface area contributed by atoms with E-state index < -0.39 is 0 Å². The van der Waals surface area contributed by atoms with E-state index in [2.05, 4.69) is 50.8 Å². The minimum Gasteiger partial charge on any atom is -0.484 e. The molecule has 0 radical (unpaired) electrons. The maximum atomic E-state index is 6.09. The zero-order valence-electron chi connectivity index (χ0n) is 12.6. The van der Waals surface area contributed by atoms with Crippen LogP contribution in [0.1, 0.15) is 39.7 Å². The second-order valence-corrected chi connectivity index (χ2v) is 6.28. The molecule has 0 amide bonds. The fraction of sp³-hybridized carbons (Fsp3) is 0.625. The molecule has 1 aromatic rings. The molecule has 106 valence electrons. The number of nitrogens with two attached hydrogens (primary N) is 1. The van der Waals surface area contributed by atoms with Crippen molar-refractivity contribution in [3.05, 3.63) is 23.8 Å². The fourth-order valence-corrected chi connectivity index (χ4v) is 2.62. The van der Waals surface area contributed by atoms with Crippen LogP contribution in [0.2, 0.25) is 0 Å². The molecule has 1 aromatic carbocycles. The van der Waals surface area contributed by atoms with Crippen molar-refractivity contribution >= 4 is 5.69 Å². The number of rotatable bonds is 4. The van der Waals surface area contributed by atoms with E-state index in [1.807, 2.05) is 0 Å². The molecule has 0 unspecified atom stereocenters. The average Bonchev–Trinajstić information content (AvgIpc) is 2.34. The molecule has 19 heavy (non-hydrogen) atoms. The second kappa shape index (κ2) is 5.41. The van der Waals surface area contributed by atoms with Gasteiger partial charge in [-0.2, -0.15) is 0 Å². The lowest BCUT2D eigenvalue weighted by Crippen LogP contribution is -2.49. The molecular formula is C16H26N2O. The van der Waals surface area contributed by atoms with E-state index in [9.17, 15) is 0 Å². The van der Waals surface area contributed by atoms with Crippen LogP contribution in [0.25, 0.3) is 0 Å². The number of benzene rings is 1. The smallest absolute Gasteiger partial charge is 0.143 e. The first-order chi connectivity index (χ1) is 8.93.